The van der Waals surface area contributed by atoms with Crippen LogP contribution in [0.2, 0.25) is 0 Å². The molecule has 11 heavy (non-hydrogen) atoms. The average Bonchev–Trinajstić information content (AvgIpc) is 2.34. The van der Waals surface area contributed by atoms with Gasteiger partial charge < -0.3 is 5.11 Å². The molecule has 0 unspecified atom stereocenters. The number of nitrogens with zero attached hydrogens (tertiary/aromatic N) is 2. The van der Waals surface area contributed by atoms with E-state index in [1.54, 1.807) is 17.8 Å². The predicted octanol–water partition coefficient (Wildman–Crippen LogP) is 1.13. The van der Waals surface area contributed by atoms with E-state index in [0.29, 0.717) is 0 Å². The van der Waals surface area contributed by atoms with Crippen LogP contribution in [0.1, 0.15) is 25.5 Å². The topological polar surface area (TPSA) is 38.0 Å². The van der Waals surface area contributed by atoms with Crippen LogP contribution in [0, 0.1) is 6.92 Å². The molecule has 0 radical (unpaired) electrons. The maximum atomic E-state index is 9.22. The van der Waals surface area contributed by atoms with Crippen LogP contribution in [0.5, 0.6) is 0 Å². The van der Waals surface area contributed by atoms with Crippen LogP contribution in [0.15, 0.2) is 12.4 Å². The average molecular weight is 154 g/mol. The molecule has 0 spiro atoms. The van der Waals surface area contributed by atoms with Gasteiger partial charge in [0.1, 0.15) is 0 Å². The van der Waals surface area contributed by atoms with Crippen molar-refractivity contribution >= 4 is 0 Å². The van der Waals surface area contributed by atoms with Crippen molar-refractivity contribution in [3.63, 3.8) is 0 Å². The lowest BCUT2D eigenvalue weighted by molar-refractivity contribution is 0.132. The molecule has 0 fully saturated rings. The van der Waals surface area contributed by atoms with Crippen molar-refractivity contribution in [2.75, 3.05) is 0 Å². The van der Waals surface area contributed by atoms with Gasteiger partial charge in [0, 0.05) is 6.20 Å². The van der Waals surface area contributed by atoms with E-state index in [9.17, 15) is 5.11 Å². The van der Waals surface area contributed by atoms with E-state index in [2.05, 4.69) is 5.10 Å². The van der Waals surface area contributed by atoms with E-state index >= 15 is 0 Å². The van der Waals surface area contributed by atoms with Crippen LogP contribution >= 0.6 is 0 Å². The lowest BCUT2D eigenvalue weighted by Gasteiger charge is -2.14. The van der Waals surface area contributed by atoms with Gasteiger partial charge in [-0.25, -0.2) is 0 Å². The molecule has 0 aliphatic carbocycles. The molecular formula is C8H14N2O. The molecule has 1 N–H and O–H groups in total. The largest absolute Gasteiger partial charge is 0.391 e. The number of aliphatic hydroxyl groups excluding tert-OH is 1. The zero-order chi connectivity index (χ0) is 8.43. The number of rotatable bonds is 2. The summed E-state index contributed by atoms with van der Waals surface area (Å²) in [6, 6.07) is 0.0590. The highest BCUT2D eigenvalue weighted by Gasteiger charge is 2.10. The number of aromatic nitrogens is 2. The molecule has 0 saturated heterocycles. The molecule has 2 atom stereocenters. The smallest absolute Gasteiger partial charge is 0.0747 e. The lowest BCUT2D eigenvalue weighted by atomic mass is 10.2. The molecule has 0 bridgehead atoms. The molecule has 0 aliphatic rings. The number of aliphatic hydroxyl groups is 1. The third-order valence-corrected chi connectivity index (χ3v) is 1.85. The molecule has 0 aromatic carbocycles. The van der Waals surface area contributed by atoms with E-state index in [-0.39, 0.29) is 12.1 Å². The molecule has 0 amide bonds. The zero-order valence-electron chi connectivity index (χ0n) is 7.15. The van der Waals surface area contributed by atoms with E-state index in [1.807, 2.05) is 20.0 Å². The SMILES string of the molecule is Cc1cnn([C@H](C)[C@@H](C)O)c1. The van der Waals surface area contributed by atoms with Gasteiger partial charge in [-0.1, -0.05) is 0 Å². The molecule has 0 saturated carbocycles. The third-order valence-electron chi connectivity index (χ3n) is 1.85. The first-order valence-electron chi connectivity index (χ1n) is 3.80. The van der Waals surface area contributed by atoms with Crippen molar-refractivity contribution in [2.24, 2.45) is 0 Å². The van der Waals surface area contributed by atoms with Crippen LogP contribution in [0.25, 0.3) is 0 Å². The fourth-order valence-electron chi connectivity index (χ4n) is 0.877. The van der Waals surface area contributed by atoms with Crippen molar-refractivity contribution in [1.82, 2.24) is 9.78 Å². The third kappa shape index (κ3) is 1.80. The Hall–Kier alpha value is -0.830. The second-order valence-electron chi connectivity index (χ2n) is 2.98. The van der Waals surface area contributed by atoms with E-state index in [4.69, 9.17) is 0 Å². The predicted molar refractivity (Wildman–Crippen MR) is 43.4 cm³/mol. The van der Waals surface area contributed by atoms with Gasteiger partial charge >= 0.3 is 0 Å². The summed E-state index contributed by atoms with van der Waals surface area (Å²) < 4.78 is 1.78. The quantitative estimate of drug-likeness (QED) is 0.693. The first-order chi connectivity index (χ1) is 5.11. The van der Waals surface area contributed by atoms with Crippen molar-refractivity contribution in [2.45, 2.75) is 32.9 Å². The minimum Gasteiger partial charge on any atom is -0.391 e. The molecule has 3 heteroatoms. The highest BCUT2D eigenvalue weighted by molar-refractivity contribution is 5.00. The Morgan fingerprint density at radius 2 is 2.18 bits per heavy atom. The van der Waals surface area contributed by atoms with E-state index in [1.165, 1.54) is 0 Å². The first kappa shape index (κ1) is 8.27. The maximum absolute atomic E-state index is 9.22. The number of hydrogen-bond donors (Lipinski definition) is 1. The molecule has 1 rings (SSSR count). The van der Waals surface area contributed by atoms with Crippen molar-refractivity contribution in [1.29, 1.82) is 0 Å². The highest BCUT2D eigenvalue weighted by atomic mass is 16.3. The fourth-order valence-corrected chi connectivity index (χ4v) is 0.877. The second kappa shape index (κ2) is 3.05. The van der Waals surface area contributed by atoms with Gasteiger partial charge in [0.05, 0.1) is 18.3 Å². The van der Waals surface area contributed by atoms with Gasteiger partial charge in [0.2, 0.25) is 0 Å². The van der Waals surface area contributed by atoms with Gasteiger partial charge in [-0.3, -0.25) is 4.68 Å². The molecule has 1 aromatic heterocycles. The number of aryl methyl sites for hydroxylation is 1. The van der Waals surface area contributed by atoms with Crippen LogP contribution in [0.3, 0.4) is 0 Å². The van der Waals surface area contributed by atoms with Gasteiger partial charge in [-0.2, -0.15) is 5.10 Å². The molecule has 1 heterocycles. The van der Waals surface area contributed by atoms with Crippen LogP contribution < -0.4 is 0 Å². The van der Waals surface area contributed by atoms with Crippen molar-refractivity contribution in [3.05, 3.63) is 18.0 Å². The van der Waals surface area contributed by atoms with Crippen molar-refractivity contribution < 1.29 is 5.11 Å². The molecule has 1 aromatic rings. The fraction of sp³-hybridized carbons (Fsp3) is 0.625. The minimum atomic E-state index is -0.353. The Kier molecular flexibility index (Phi) is 2.29. The summed E-state index contributed by atoms with van der Waals surface area (Å²) in [5.41, 5.74) is 1.12. The van der Waals surface area contributed by atoms with Crippen molar-refractivity contribution in [3.8, 4) is 0 Å². The Balaban J connectivity index is 2.76. The summed E-state index contributed by atoms with van der Waals surface area (Å²) in [6.45, 7) is 5.69. The summed E-state index contributed by atoms with van der Waals surface area (Å²) in [7, 11) is 0. The van der Waals surface area contributed by atoms with Crippen LogP contribution in [0.4, 0.5) is 0 Å². The molecular weight excluding hydrogens is 140 g/mol. The lowest BCUT2D eigenvalue weighted by Crippen LogP contribution is -2.18. The summed E-state index contributed by atoms with van der Waals surface area (Å²) >= 11 is 0. The molecule has 3 nitrogen and oxygen atoms in total. The zero-order valence-corrected chi connectivity index (χ0v) is 7.15. The Morgan fingerprint density at radius 1 is 1.55 bits per heavy atom. The molecule has 0 aliphatic heterocycles. The van der Waals surface area contributed by atoms with E-state index < -0.39 is 0 Å². The summed E-state index contributed by atoms with van der Waals surface area (Å²) in [5, 5.41) is 13.3. The normalized spacial score (nSPS) is 16.4. The summed E-state index contributed by atoms with van der Waals surface area (Å²) in [5.74, 6) is 0. The summed E-state index contributed by atoms with van der Waals surface area (Å²) in [4.78, 5) is 0. The van der Waals surface area contributed by atoms with Gasteiger partial charge in [0.15, 0.2) is 0 Å². The van der Waals surface area contributed by atoms with Crippen LogP contribution in [-0.2, 0) is 0 Å². The first-order valence-corrected chi connectivity index (χ1v) is 3.80. The van der Waals surface area contributed by atoms with Gasteiger partial charge in [-0.05, 0) is 26.3 Å². The highest BCUT2D eigenvalue weighted by Crippen LogP contribution is 2.09. The Labute approximate surface area is 66.7 Å². The minimum absolute atomic E-state index is 0.0590. The Bertz CT molecular complexity index is 230. The standard InChI is InChI=1S/C8H14N2O/c1-6-4-9-10(5-6)7(2)8(3)11/h4-5,7-8,11H,1-3H3/t7-,8-/m1/s1. The summed E-state index contributed by atoms with van der Waals surface area (Å²) in [6.07, 6.45) is 3.37. The van der Waals surface area contributed by atoms with E-state index in [0.717, 1.165) is 5.56 Å². The van der Waals surface area contributed by atoms with Crippen LogP contribution in [-0.4, -0.2) is 21.0 Å². The monoisotopic (exact) mass is 154 g/mol. The Morgan fingerprint density at radius 3 is 2.55 bits per heavy atom. The molecule has 62 valence electrons. The van der Waals surface area contributed by atoms with Gasteiger partial charge in [-0.15, -0.1) is 0 Å². The maximum Gasteiger partial charge on any atom is 0.0747 e. The number of hydrogen-bond acceptors (Lipinski definition) is 2. The second-order valence-corrected chi connectivity index (χ2v) is 2.98. The van der Waals surface area contributed by atoms with Gasteiger partial charge in [0.25, 0.3) is 0 Å².